The van der Waals surface area contributed by atoms with Crippen LogP contribution in [-0.2, 0) is 11.3 Å². The number of carbonyl (C=O) groups is 1. The summed E-state index contributed by atoms with van der Waals surface area (Å²) in [5, 5.41) is 4.61. The number of hydrogen-bond donors (Lipinski definition) is 0. The minimum Gasteiger partial charge on any atom is -0.460 e. The Bertz CT molecular complexity index is 945. The van der Waals surface area contributed by atoms with Gasteiger partial charge in [0.05, 0.1) is 17.6 Å². The fourth-order valence-electron chi connectivity index (χ4n) is 2.34. The molecular formula is C14H13ClN4O3. The lowest BCUT2D eigenvalue weighted by Crippen LogP contribution is -2.22. The van der Waals surface area contributed by atoms with Gasteiger partial charge in [0.1, 0.15) is 0 Å². The Labute approximate surface area is 130 Å². The molecule has 3 aromatic rings. The Morgan fingerprint density at radius 2 is 2.09 bits per heavy atom. The number of nitrogens with zero attached hydrogens (tertiary/aromatic N) is 4. The lowest BCUT2D eigenvalue weighted by Gasteiger charge is -2.08. The largest absolute Gasteiger partial charge is 0.460 e. The molecule has 0 radical (unpaired) electrons. The van der Waals surface area contributed by atoms with Crippen LogP contribution >= 0.6 is 11.6 Å². The lowest BCUT2D eigenvalue weighted by molar-refractivity contribution is 0.0512. The second-order valence-corrected chi connectivity index (χ2v) is 5.01. The van der Waals surface area contributed by atoms with E-state index in [0.29, 0.717) is 22.6 Å². The Morgan fingerprint density at radius 1 is 1.32 bits per heavy atom. The zero-order valence-corrected chi connectivity index (χ0v) is 12.8. The van der Waals surface area contributed by atoms with Crippen LogP contribution < -0.4 is 5.56 Å². The van der Waals surface area contributed by atoms with Gasteiger partial charge in [0.15, 0.2) is 0 Å². The summed E-state index contributed by atoms with van der Waals surface area (Å²) >= 11 is 6.01. The fourth-order valence-corrected chi connectivity index (χ4v) is 2.50. The van der Waals surface area contributed by atoms with E-state index >= 15 is 0 Å². The van der Waals surface area contributed by atoms with Crippen molar-refractivity contribution in [3.63, 3.8) is 0 Å². The van der Waals surface area contributed by atoms with E-state index in [2.05, 4.69) is 10.1 Å². The van der Waals surface area contributed by atoms with Gasteiger partial charge in [0.25, 0.3) is 11.4 Å². The third kappa shape index (κ3) is 2.14. The maximum atomic E-state index is 12.5. The van der Waals surface area contributed by atoms with Crippen LogP contribution in [0.15, 0.2) is 23.0 Å². The molecule has 0 aliphatic carbocycles. The van der Waals surface area contributed by atoms with E-state index in [1.807, 2.05) is 6.92 Å². The van der Waals surface area contributed by atoms with Crippen molar-refractivity contribution in [3.05, 3.63) is 39.4 Å². The van der Waals surface area contributed by atoms with Crippen LogP contribution in [0.4, 0.5) is 0 Å². The topological polar surface area (TPSA) is 78.5 Å². The van der Waals surface area contributed by atoms with E-state index in [0.717, 1.165) is 0 Å². The second kappa shape index (κ2) is 5.42. The fraction of sp³-hybridized carbons (Fsp3) is 0.286. The van der Waals surface area contributed by atoms with Gasteiger partial charge in [-0.15, -0.1) is 5.10 Å². The number of rotatable bonds is 3. The van der Waals surface area contributed by atoms with Gasteiger partial charge < -0.3 is 9.30 Å². The smallest absolute Gasteiger partial charge is 0.378 e. The minimum atomic E-state index is -0.657. The number of carbonyl (C=O) groups excluding carboxylic acids is 1. The zero-order valence-electron chi connectivity index (χ0n) is 12.0. The van der Waals surface area contributed by atoms with Gasteiger partial charge in [0, 0.05) is 11.6 Å². The highest BCUT2D eigenvalue weighted by molar-refractivity contribution is 6.31. The van der Waals surface area contributed by atoms with Crippen molar-refractivity contribution < 1.29 is 9.53 Å². The molecule has 0 fully saturated rings. The molecule has 1 aromatic carbocycles. The summed E-state index contributed by atoms with van der Waals surface area (Å²) in [6.45, 7) is 4.20. The molecule has 0 amide bonds. The highest BCUT2D eigenvalue weighted by Gasteiger charge is 2.19. The van der Waals surface area contributed by atoms with E-state index in [1.54, 1.807) is 29.7 Å². The predicted molar refractivity (Wildman–Crippen MR) is 81.4 cm³/mol. The second-order valence-electron chi connectivity index (χ2n) is 4.57. The highest BCUT2D eigenvalue weighted by Crippen LogP contribution is 2.19. The molecule has 0 spiro atoms. The monoisotopic (exact) mass is 320 g/mol. The molecule has 0 N–H and O–H groups in total. The zero-order chi connectivity index (χ0) is 15.9. The van der Waals surface area contributed by atoms with Crippen molar-refractivity contribution in [2.45, 2.75) is 20.4 Å². The number of fused-ring (bicyclic) bond motifs is 3. The summed E-state index contributed by atoms with van der Waals surface area (Å²) in [6.07, 6.45) is 0. The Morgan fingerprint density at radius 3 is 2.77 bits per heavy atom. The van der Waals surface area contributed by atoms with E-state index < -0.39 is 5.97 Å². The molecule has 114 valence electrons. The standard InChI is InChI=1S/C14H13ClN4O3/c1-3-18-10-7-8(15)5-6-9(10)19-12(13(18)20)16-11(17-19)14(21)22-4-2/h5-7H,3-4H2,1-2H3. The van der Waals surface area contributed by atoms with Crippen LogP contribution in [0.5, 0.6) is 0 Å². The predicted octanol–water partition coefficient (Wildman–Crippen LogP) is 1.89. The lowest BCUT2D eigenvalue weighted by atomic mass is 10.3. The highest BCUT2D eigenvalue weighted by atomic mass is 35.5. The molecule has 0 aliphatic heterocycles. The first kappa shape index (κ1) is 14.5. The molecule has 0 bridgehead atoms. The van der Waals surface area contributed by atoms with Crippen molar-refractivity contribution in [1.82, 2.24) is 19.2 Å². The number of aryl methyl sites for hydroxylation is 1. The molecule has 0 atom stereocenters. The first-order valence-corrected chi connectivity index (χ1v) is 7.20. The third-order valence-corrected chi connectivity index (χ3v) is 3.51. The van der Waals surface area contributed by atoms with Crippen molar-refractivity contribution in [3.8, 4) is 0 Å². The van der Waals surface area contributed by atoms with Gasteiger partial charge in [-0.25, -0.2) is 9.31 Å². The number of benzene rings is 1. The molecule has 22 heavy (non-hydrogen) atoms. The number of aromatic nitrogens is 4. The van der Waals surface area contributed by atoms with Crippen LogP contribution in [0, 0.1) is 0 Å². The van der Waals surface area contributed by atoms with Crippen molar-refractivity contribution in [2.75, 3.05) is 6.61 Å². The number of halogens is 1. The van der Waals surface area contributed by atoms with E-state index in [9.17, 15) is 9.59 Å². The van der Waals surface area contributed by atoms with E-state index in [4.69, 9.17) is 16.3 Å². The van der Waals surface area contributed by atoms with Gasteiger partial charge >= 0.3 is 5.97 Å². The van der Waals surface area contributed by atoms with Gasteiger partial charge in [-0.3, -0.25) is 4.79 Å². The van der Waals surface area contributed by atoms with Crippen LogP contribution in [-0.4, -0.2) is 31.7 Å². The van der Waals surface area contributed by atoms with Crippen LogP contribution in [0.2, 0.25) is 5.02 Å². The average molecular weight is 321 g/mol. The molecule has 0 saturated carbocycles. The summed E-state index contributed by atoms with van der Waals surface area (Å²) < 4.78 is 7.77. The van der Waals surface area contributed by atoms with Crippen molar-refractivity contribution in [2.24, 2.45) is 0 Å². The van der Waals surface area contributed by atoms with Gasteiger partial charge in [-0.05, 0) is 32.0 Å². The van der Waals surface area contributed by atoms with Crippen LogP contribution in [0.3, 0.4) is 0 Å². The number of ether oxygens (including phenoxy) is 1. The Hall–Kier alpha value is -2.41. The molecule has 2 aromatic heterocycles. The normalized spacial score (nSPS) is 11.2. The van der Waals surface area contributed by atoms with E-state index in [-0.39, 0.29) is 23.6 Å². The molecule has 3 rings (SSSR count). The van der Waals surface area contributed by atoms with Gasteiger partial charge in [0.2, 0.25) is 5.65 Å². The summed E-state index contributed by atoms with van der Waals surface area (Å²) in [6, 6.07) is 5.12. The Kier molecular flexibility index (Phi) is 3.58. The van der Waals surface area contributed by atoms with Crippen molar-refractivity contribution in [1.29, 1.82) is 0 Å². The first-order valence-electron chi connectivity index (χ1n) is 6.82. The van der Waals surface area contributed by atoms with Gasteiger partial charge in [-0.2, -0.15) is 4.98 Å². The maximum Gasteiger partial charge on any atom is 0.378 e. The summed E-state index contributed by atoms with van der Waals surface area (Å²) in [5.74, 6) is -0.792. The Balaban J connectivity index is 2.40. The summed E-state index contributed by atoms with van der Waals surface area (Å²) in [7, 11) is 0. The molecular weight excluding hydrogens is 308 g/mol. The number of hydrogen-bond acceptors (Lipinski definition) is 5. The quantitative estimate of drug-likeness (QED) is 0.689. The number of esters is 1. The van der Waals surface area contributed by atoms with Crippen molar-refractivity contribution >= 4 is 34.3 Å². The minimum absolute atomic E-state index is 0.0831. The SMILES string of the molecule is CCOC(=O)c1nc2c(=O)n(CC)c3cc(Cl)ccc3n2n1. The van der Waals surface area contributed by atoms with E-state index in [1.165, 1.54) is 4.52 Å². The average Bonchev–Trinajstić information content (AvgIpc) is 2.93. The first-order chi connectivity index (χ1) is 10.6. The summed E-state index contributed by atoms with van der Waals surface area (Å²) in [5.41, 5.74) is 1.02. The van der Waals surface area contributed by atoms with Gasteiger partial charge in [-0.1, -0.05) is 11.6 Å². The third-order valence-electron chi connectivity index (χ3n) is 3.27. The molecule has 2 heterocycles. The molecule has 8 heteroatoms. The van der Waals surface area contributed by atoms with Crippen LogP contribution in [0.1, 0.15) is 24.5 Å². The molecule has 0 saturated heterocycles. The van der Waals surface area contributed by atoms with Crippen LogP contribution in [0.25, 0.3) is 16.7 Å². The molecule has 0 unspecified atom stereocenters. The molecule has 0 aliphatic rings. The summed E-state index contributed by atoms with van der Waals surface area (Å²) in [4.78, 5) is 28.3. The molecule has 7 nitrogen and oxygen atoms in total. The maximum absolute atomic E-state index is 12.5.